The van der Waals surface area contributed by atoms with Crippen LogP contribution < -0.4 is 4.72 Å². The van der Waals surface area contributed by atoms with Crippen LogP contribution in [-0.2, 0) is 0 Å². The van der Waals surface area contributed by atoms with Crippen LogP contribution in [0.4, 0.5) is 13.2 Å². The molecule has 0 amide bonds. The molecule has 0 rings (SSSR count). The van der Waals surface area contributed by atoms with Crippen LogP contribution in [0.25, 0.3) is 0 Å². The van der Waals surface area contributed by atoms with Gasteiger partial charge in [0.25, 0.3) is 0 Å². The molecule has 16 heavy (non-hydrogen) atoms. The summed E-state index contributed by atoms with van der Waals surface area (Å²) in [7, 11) is 0. The van der Waals surface area contributed by atoms with Gasteiger partial charge in [-0.05, 0) is 6.42 Å². The van der Waals surface area contributed by atoms with Gasteiger partial charge in [0.2, 0.25) is 0 Å². The van der Waals surface area contributed by atoms with Gasteiger partial charge in [-0.25, -0.2) is 0 Å². The highest BCUT2D eigenvalue weighted by molar-refractivity contribution is 7.98. The summed E-state index contributed by atoms with van der Waals surface area (Å²) in [5.41, 5.74) is -4.15. The number of halogens is 3. The molecule has 1 N–H and O–H groups in total. The van der Waals surface area contributed by atoms with E-state index in [0.29, 0.717) is 6.54 Å². The Bertz CT molecular complexity index is 151. The lowest BCUT2D eigenvalue weighted by Crippen LogP contribution is -2.14. The van der Waals surface area contributed by atoms with Crippen LogP contribution in [0.1, 0.15) is 58.3 Å². The number of rotatable bonds is 10. The van der Waals surface area contributed by atoms with Gasteiger partial charge >= 0.3 is 5.51 Å². The second-order valence-corrected chi connectivity index (χ2v) is 4.87. The first-order chi connectivity index (χ1) is 7.56. The highest BCUT2D eigenvalue weighted by Crippen LogP contribution is 2.27. The standard InChI is InChI=1S/C11H22F3NS/c1-2-3-4-5-6-7-8-9-10-15-16-11(12,13)14/h15H,2-10H2,1H3. The van der Waals surface area contributed by atoms with E-state index in [9.17, 15) is 13.2 Å². The predicted octanol–water partition coefficient (Wildman–Crippen LogP) is 4.88. The molecule has 0 aliphatic carbocycles. The topological polar surface area (TPSA) is 12.0 Å². The molecule has 0 fully saturated rings. The van der Waals surface area contributed by atoms with Gasteiger partial charge in [0.15, 0.2) is 0 Å². The van der Waals surface area contributed by atoms with E-state index in [1.54, 1.807) is 0 Å². The molecule has 98 valence electrons. The van der Waals surface area contributed by atoms with Crippen molar-refractivity contribution >= 4 is 11.9 Å². The molecule has 0 aromatic rings. The Morgan fingerprint density at radius 3 is 1.88 bits per heavy atom. The van der Waals surface area contributed by atoms with Gasteiger partial charge in [0.1, 0.15) is 0 Å². The fourth-order valence-electron chi connectivity index (χ4n) is 1.46. The van der Waals surface area contributed by atoms with E-state index in [4.69, 9.17) is 0 Å². The summed E-state index contributed by atoms with van der Waals surface area (Å²) >= 11 is -0.142. The predicted molar refractivity (Wildman–Crippen MR) is 64.3 cm³/mol. The van der Waals surface area contributed by atoms with E-state index in [0.717, 1.165) is 19.3 Å². The fraction of sp³-hybridized carbons (Fsp3) is 1.00. The van der Waals surface area contributed by atoms with Crippen molar-refractivity contribution < 1.29 is 13.2 Å². The quantitative estimate of drug-likeness (QED) is 0.442. The summed E-state index contributed by atoms with van der Waals surface area (Å²) < 4.78 is 37.4. The molecular weight excluding hydrogens is 235 g/mol. The Hall–Kier alpha value is 0.100. The van der Waals surface area contributed by atoms with Crippen LogP contribution in [0.2, 0.25) is 0 Å². The van der Waals surface area contributed by atoms with Gasteiger partial charge < -0.3 is 0 Å². The summed E-state index contributed by atoms with van der Waals surface area (Å²) in [6.07, 6.45) is 9.31. The zero-order chi connectivity index (χ0) is 12.3. The lowest BCUT2D eigenvalue weighted by Gasteiger charge is -2.06. The van der Waals surface area contributed by atoms with E-state index >= 15 is 0 Å². The van der Waals surface area contributed by atoms with Crippen LogP contribution in [0.15, 0.2) is 0 Å². The van der Waals surface area contributed by atoms with Crippen molar-refractivity contribution in [2.45, 2.75) is 63.8 Å². The average Bonchev–Trinajstić information content (AvgIpc) is 2.19. The molecule has 0 aliphatic heterocycles. The lowest BCUT2D eigenvalue weighted by atomic mass is 10.1. The Kier molecular flexibility index (Phi) is 10.3. The maximum atomic E-state index is 11.7. The third kappa shape index (κ3) is 14.1. The third-order valence-corrected chi connectivity index (χ3v) is 2.90. The summed E-state index contributed by atoms with van der Waals surface area (Å²) in [6, 6.07) is 0. The smallest absolute Gasteiger partial charge is 0.257 e. The molecule has 0 saturated carbocycles. The Balaban J connectivity index is 2.99. The van der Waals surface area contributed by atoms with E-state index in [1.165, 1.54) is 32.1 Å². The first-order valence-corrected chi connectivity index (χ1v) is 6.85. The molecule has 0 aromatic heterocycles. The van der Waals surface area contributed by atoms with Crippen LogP contribution in [0.5, 0.6) is 0 Å². The highest BCUT2D eigenvalue weighted by atomic mass is 32.2. The highest BCUT2D eigenvalue weighted by Gasteiger charge is 2.27. The first-order valence-electron chi connectivity index (χ1n) is 6.04. The van der Waals surface area contributed by atoms with Crippen molar-refractivity contribution in [2.75, 3.05) is 6.54 Å². The van der Waals surface area contributed by atoms with Crippen molar-refractivity contribution in [3.63, 3.8) is 0 Å². The van der Waals surface area contributed by atoms with Gasteiger partial charge in [-0.3, -0.25) is 4.72 Å². The second-order valence-electron chi connectivity index (χ2n) is 3.92. The molecule has 0 heterocycles. The molecule has 0 atom stereocenters. The molecule has 0 aromatic carbocycles. The van der Waals surface area contributed by atoms with Gasteiger partial charge in [-0.15, -0.1) is 0 Å². The maximum absolute atomic E-state index is 11.7. The van der Waals surface area contributed by atoms with Crippen molar-refractivity contribution in [1.82, 2.24) is 4.72 Å². The van der Waals surface area contributed by atoms with Crippen molar-refractivity contribution in [3.05, 3.63) is 0 Å². The molecular formula is C11H22F3NS. The lowest BCUT2D eigenvalue weighted by molar-refractivity contribution is -0.0335. The van der Waals surface area contributed by atoms with Crippen LogP contribution in [-0.4, -0.2) is 12.1 Å². The van der Waals surface area contributed by atoms with E-state index in [2.05, 4.69) is 11.6 Å². The Labute approximate surface area is 101 Å². The first kappa shape index (κ1) is 16.1. The summed E-state index contributed by atoms with van der Waals surface area (Å²) in [5.74, 6) is 0. The molecule has 0 saturated heterocycles. The largest absolute Gasteiger partial charge is 0.456 e. The molecule has 0 spiro atoms. The van der Waals surface area contributed by atoms with Gasteiger partial charge in [-0.2, -0.15) is 13.2 Å². The molecule has 1 nitrogen and oxygen atoms in total. The van der Waals surface area contributed by atoms with E-state index in [1.807, 2.05) is 0 Å². The number of hydrogen-bond donors (Lipinski definition) is 1. The molecule has 0 unspecified atom stereocenters. The zero-order valence-corrected chi connectivity index (χ0v) is 10.7. The maximum Gasteiger partial charge on any atom is 0.456 e. The average molecular weight is 257 g/mol. The number of hydrogen-bond acceptors (Lipinski definition) is 2. The van der Waals surface area contributed by atoms with Crippen LogP contribution >= 0.6 is 11.9 Å². The van der Waals surface area contributed by atoms with E-state index in [-0.39, 0.29) is 11.9 Å². The fourth-order valence-corrected chi connectivity index (χ4v) is 1.87. The monoisotopic (exact) mass is 257 g/mol. The number of nitrogens with one attached hydrogen (secondary N) is 1. The van der Waals surface area contributed by atoms with Crippen LogP contribution in [0.3, 0.4) is 0 Å². The van der Waals surface area contributed by atoms with Gasteiger partial charge in [0.05, 0.1) is 0 Å². The van der Waals surface area contributed by atoms with Crippen molar-refractivity contribution in [2.24, 2.45) is 0 Å². The molecule has 0 bridgehead atoms. The van der Waals surface area contributed by atoms with Crippen molar-refractivity contribution in [1.29, 1.82) is 0 Å². The Morgan fingerprint density at radius 2 is 1.38 bits per heavy atom. The molecule has 0 aliphatic rings. The minimum Gasteiger partial charge on any atom is -0.257 e. The second kappa shape index (κ2) is 10.3. The molecule has 0 radical (unpaired) electrons. The van der Waals surface area contributed by atoms with Crippen molar-refractivity contribution in [3.8, 4) is 0 Å². The minimum absolute atomic E-state index is 0.142. The third-order valence-electron chi connectivity index (χ3n) is 2.32. The van der Waals surface area contributed by atoms with E-state index < -0.39 is 5.51 Å². The molecule has 5 heteroatoms. The van der Waals surface area contributed by atoms with Crippen LogP contribution in [0, 0.1) is 0 Å². The normalized spacial score (nSPS) is 12.0. The Morgan fingerprint density at radius 1 is 0.875 bits per heavy atom. The summed E-state index contributed by atoms with van der Waals surface area (Å²) in [5, 5.41) is 0. The van der Waals surface area contributed by atoms with Gasteiger partial charge in [0, 0.05) is 18.5 Å². The number of unbranched alkanes of at least 4 members (excludes halogenated alkanes) is 7. The summed E-state index contributed by atoms with van der Waals surface area (Å²) in [6.45, 7) is 2.63. The zero-order valence-electron chi connectivity index (χ0n) is 9.91. The SMILES string of the molecule is CCCCCCCCCCNSC(F)(F)F. The minimum atomic E-state index is -4.15. The van der Waals surface area contributed by atoms with Gasteiger partial charge in [-0.1, -0.05) is 51.9 Å². The summed E-state index contributed by atoms with van der Waals surface area (Å²) in [4.78, 5) is 0. The number of alkyl halides is 3.